The number of benzene rings is 1. The Morgan fingerprint density at radius 2 is 1.93 bits per heavy atom. The van der Waals surface area contributed by atoms with Crippen LogP contribution >= 0.6 is 11.8 Å². The standard InChI is InChI=1S/C19H18F2N4O3S/c20-17(21)14-6-13(23-24-14)12-9-25(8-11(12)10-4-2-1-3-5-10)16(26)7-15-18(27)22-19(28)29-15/h1-6,11-12,15,17H,7-9H2,(H,23,24)(H,22,27,28)/t11-,12+,15?/m1/s1. The number of rotatable bonds is 5. The number of hydrogen-bond acceptors (Lipinski definition) is 5. The first-order chi connectivity index (χ1) is 13.9. The fourth-order valence-electron chi connectivity index (χ4n) is 3.83. The number of aromatic amines is 1. The Morgan fingerprint density at radius 1 is 1.21 bits per heavy atom. The fraction of sp³-hybridized carbons (Fsp3) is 0.368. The number of amides is 3. The average molecular weight is 420 g/mol. The highest BCUT2D eigenvalue weighted by molar-refractivity contribution is 8.15. The summed E-state index contributed by atoms with van der Waals surface area (Å²) in [5.74, 6) is -1.03. The molecule has 2 fully saturated rings. The molecule has 0 bridgehead atoms. The van der Waals surface area contributed by atoms with E-state index in [0.29, 0.717) is 18.8 Å². The van der Waals surface area contributed by atoms with E-state index in [1.54, 1.807) is 4.90 Å². The number of imide groups is 1. The minimum absolute atomic E-state index is 0.0816. The topological polar surface area (TPSA) is 95.2 Å². The van der Waals surface area contributed by atoms with Crippen LogP contribution in [0.25, 0.3) is 0 Å². The molecule has 2 saturated heterocycles. The van der Waals surface area contributed by atoms with Crippen molar-refractivity contribution in [2.24, 2.45) is 0 Å². The Bertz CT molecular complexity index is 937. The van der Waals surface area contributed by atoms with Crippen molar-refractivity contribution in [3.05, 3.63) is 53.3 Å². The number of thioether (sulfide) groups is 1. The largest absolute Gasteiger partial charge is 0.341 e. The zero-order valence-corrected chi connectivity index (χ0v) is 16.0. The van der Waals surface area contributed by atoms with Gasteiger partial charge in [0.1, 0.15) is 10.9 Å². The minimum atomic E-state index is -2.68. The summed E-state index contributed by atoms with van der Waals surface area (Å²) in [5, 5.41) is 7.37. The van der Waals surface area contributed by atoms with Crippen LogP contribution < -0.4 is 5.32 Å². The summed E-state index contributed by atoms with van der Waals surface area (Å²) in [6.07, 6.45) is -2.76. The van der Waals surface area contributed by atoms with Gasteiger partial charge in [0.2, 0.25) is 11.8 Å². The Hall–Kier alpha value is -2.75. The van der Waals surface area contributed by atoms with Gasteiger partial charge in [0.05, 0.1) is 0 Å². The van der Waals surface area contributed by atoms with Crippen molar-refractivity contribution >= 4 is 28.8 Å². The fourth-order valence-corrected chi connectivity index (χ4v) is 4.64. The number of nitrogens with one attached hydrogen (secondary N) is 2. The summed E-state index contributed by atoms with van der Waals surface area (Å²) in [7, 11) is 0. The van der Waals surface area contributed by atoms with Gasteiger partial charge in [0.15, 0.2) is 0 Å². The number of carbonyl (C=O) groups excluding carboxylic acids is 3. The molecule has 7 nitrogen and oxygen atoms in total. The summed E-state index contributed by atoms with van der Waals surface area (Å²) >= 11 is 0.815. The molecule has 2 aliphatic heterocycles. The van der Waals surface area contributed by atoms with Crippen molar-refractivity contribution in [3.8, 4) is 0 Å². The van der Waals surface area contributed by atoms with Crippen LogP contribution in [0.1, 0.15) is 41.6 Å². The van der Waals surface area contributed by atoms with Gasteiger partial charge >= 0.3 is 0 Å². The van der Waals surface area contributed by atoms with Crippen LogP contribution in [-0.2, 0) is 9.59 Å². The molecule has 2 aromatic rings. The van der Waals surface area contributed by atoms with Gasteiger partial charge in [-0.2, -0.15) is 5.10 Å². The van der Waals surface area contributed by atoms with Gasteiger partial charge in [-0.3, -0.25) is 24.8 Å². The predicted molar refractivity (Wildman–Crippen MR) is 102 cm³/mol. The Labute approximate surface area is 169 Å². The number of hydrogen-bond donors (Lipinski definition) is 2. The third-order valence-electron chi connectivity index (χ3n) is 5.27. The lowest BCUT2D eigenvalue weighted by molar-refractivity contribution is -0.132. The first kappa shape index (κ1) is 19.6. The van der Waals surface area contributed by atoms with E-state index >= 15 is 0 Å². The molecular formula is C19H18F2N4O3S. The van der Waals surface area contributed by atoms with Gasteiger partial charge in [0, 0.05) is 37.0 Å². The second-order valence-corrected chi connectivity index (χ2v) is 8.23. The molecular weight excluding hydrogens is 402 g/mol. The van der Waals surface area contributed by atoms with E-state index in [0.717, 1.165) is 17.3 Å². The Balaban J connectivity index is 1.55. The summed E-state index contributed by atoms with van der Waals surface area (Å²) in [5.41, 5.74) is 1.21. The van der Waals surface area contributed by atoms with Crippen molar-refractivity contribution in [1.29, 1.82) is 0 Å². The molecule has 1 aromatic heterocycles. The van der Waals surface area contributed by atoms with Crippen LogP contribution in [0, 0.1) is 0 Å². The van der Waals surface area contributed by atoms with E-state index in [2.05, 4.69) is 15.5 Å². The maximum absolute atomic E-state index is 13.0. The molecule has 3 heterocycles. The lowest BCUT2D eigenvalue weighted by Gasteiger charge is -2.17. The molecule has 1 aromatic carbocycles. The highest BCUT2D eigenvalue weighted by atomic mass is 32.2. The second-order valence-electron chi connectivity index (χ2n) is 7.06. The summed E-state index contributed by atoms with van der Waals surface area (Å²) in [4.78, 5) is 37.5. The highest BCUT2D eigenvalue weighted by Gasteiger charge is 2.40. The zero-order valence-electron chi connectivity index (χ0n) is 15.2. The molecule has 152 valence electrons. The third-order valence-corrected chi connectivity index (χ3v) is 6.25. The molecule has 4 rings (SSSR count). The van der Waals surface area contributed by atoms with Crippen molar-refractivity contribution in [2.45, 2.75) is 29.9 Å². The van der Waals surface area contributed by atoms with E-state index in [1.165, 1.54) is 6.07 Å². The summed E-state index contributed by atoms with van der Waals surface area (Å²) in [6.45, 7) is 0.708. The second kappa shape index (κ2) is 7.94. The van der Waals surface area contributed by atoms with E-state index in [1.807, 2.05) is 30.3 Å². The normalized spacial score (nSPS) is 24.4. The molecule has 0 radical (unpaired) electrons. The third kappa shape index (κ3) is 4.02. The number of alkyl halides is 2. The lowest BCUT2D eigenvalue weighted by atomic mass is 9.87. The molecule has 10 heteroatoms. The van der Waals surface area contributed by atoms with E-state index in [-0.39, 0.29) is 29.9 Å². The molecule has 0 aliphatic carbocycles. The van der Waals surface area contributed by atoms with E-state index < -0.39 is 22.8 Å². The summed E-state index contributed by atoms with van der Waals surface area (Å²) in [6, 6.07) is 10.9. The number of halogens is 2. The van der Waals surface area contributed by atoms with Crippen LogP contribution in [0.4, 0.5) is 13.6 Å². The average Bonchev–Trinajstić information content (AvgIpc) is 3.41. The van der Waals surface area contributed by atoms with Crippen molar-refractivity contribution < 1.29 is 23.2 Å². The SMILES string of the molecule is O=C1NC(=O)C(CC(=O)N2C[C@H](c3ccccc3)[C@@H](c3cc(C(F)F)n[nH]3)C2)S1. The van der Waals surface area contributed by atoms with Crippen LogP contribution in [0.5, 0.6) is 0 Å². The predicted octanol–water partition coefficient (Wildman–Crippen LogP) is 2.80. The van der Waals surface area contributed by atoms with Gasteiger partial charge in [-0.05, 0) is 11.6 Å². The number of nitrogens with zero attached hydrogens (tertiary/aromatic N) is 2. The van der Waals surface area contributed by atoms with Crippen molar-refractivity contribution in [3.63, 3.8) is 0 Å². The van der Waals surface area contributed by atoms with Gasteiger partial charge in [0.25, 0.3) is 11.7 Å². The van der Waals surface area contributed by atoms with Gasteiger partial charge < -0.3 is 4.90 Å². The molecule has 2 aliphatic rings. The van der Waals surface area contributed by atoms with Crippen molar-refractivity contribution in [1.82, 2.24) is 20.4 Å². The number of likely N-dealkylation sites (tertiary alicyclic amines) is 1. The van der Waals surface area contributed by atoms with Crippen LogP contribution in [0.15, 0.2) is 36.4 Å². The molecule has 1 unspecified atom stereocenters. The zero-order chi connectivity index (χ0) is 20.5. The summed E-state index contributed by atoms with van der Waals surface area (Å²) < 4.78 is 25.9. The first-order valence-electron chi connectivity index (χ1n) is 9.10. The lowest BCUT2D eigenvalue weighted by Crippen LogP contribution is -2.33. The van der Waals surface area contributed by atoms with Crippen LogP contribution in [-0.4, -0.2) is 50.5 Å². The van der Waals surface area contributed by atoms with E-state index in [9.17, 15) is 23.2 Å². The Kier molecular flexibility index (Phi) is 5.35. The smallest absolute Gasteiger partial charge is 0.286 e. The van der Waals surface area contributed by atoms with Crippen molar-refractivity contribution in [2.75, 3.05) is 13.1 Å². The minimum Gasteiger partial charge on any atom is -0.341 e. The Morgan fingerprint density at radius 3 is 2.55 bits per heavy atom. The molecule has 0 saturated carbocycles. The maximum Gasteiger partial charge on any atom is 0.286 e. The quantitative estimate of drug-likeness (QED) is 0.776. The number of H-pyrrole nitrogens is 1. The first-order valence-corrected chi connectivity index (χ1v) is 9.98. The monoisotopic (exact) mass is 420 g/mol. The molecule has 2 N–H and O–H groups in total. The number of carbonyl (C=O) groups is 3. The van der Waals surface area contributed by atoms with Gasteiger partial charge in [-0.15, -0.1) is 0 Å². The van der Waals surface area contributed by atoms with Gasteiger partial charge in [-0.1, -0.05) is 42.1 Å². The molecule has 3 amide bonds. The molecule has 29 heavy (non-hydrogen) atoms. The van der Waals surface area contributed by atoms with Crippen LogP contribution in [0.2, 0.25) is 0 Å². The number of aromatic nitrogens is 2. The van der Waals surface area contributed by atoms with Crippen LogP contribution in [0.3, 0.4) is 0 Å². The van der Waals surface area contributed by atoms with E-state index in [4.69, 9.17) is 0 Å². The maximum atomic E-state index is 13.0. The molecule has 0 spiro atoms. The van der Waals surface area contributed by atoms with Gasteiger partial charge in [-0.25, -0.2) is 8.78 Å². The molecule has 3 atom stereocenters. The highest BCUT2D eigenvalue weighted by Crippen LogP contribution is 2.40.